The summed E-state index contributed by atoms with van der Waals surface area (Å²) in [6.45, 7) is 6.98. The number of rotatable bonds is 6. The van der Waals surface area contributed by atoms with Crippen LogP contribution in [0.1, 0.15) is 39.2 Å². The lowest BCUT2D eigenvalue weighted by molar-refractivity contribution is -0.145. The molecule has 0 N–H and O–H groups in total. The number of hydrogen-bond acceptors (Lipinski definition) is 3. The van der Waals surface area contributed by atoms with Gasteiger partial charge in [-0.2, -0.15) is 0 Å². The summed E-state index contributed by atoms with van der Waals surface area (Å²) in [5.74, 6) is 2.51. The van der Waals surface area contributed by atoms with Gasteiger partial charge in [0.05, 0.1) is 24.7 Å². The highest BCUT2D eigenvalue weighted by atomic mass is 16.5. The number of benzene rings is 2. The van der Waals surface area contributed by atoms with Gasteiger partial charge in [0.15, 0.2) is 0 Å². The number of β-lactam (4-membered cyclic amide) rings is 1. The van der Waals surface area contributed by atoms with Gasteiger partial charge in [0, 0.05) is 18.7 Å². The van der Waals surface area contributed by atoms with Gasteiger partial charge in [-0.05, 0) is 66.8 Å². The summed E-state index contributed by atoms with van der Waals surface area (Å²) in [5.41, 5.74) is 2.14. The van der Waals surface area contributed by atoms with Gasteiger partial charge in [-0.25, -0.2) is 0 Å². The van der Waals surface area contributed by atoms with Crippen molar-refractivity contribution in [2.45, 2.75) is 45.3 Å². The Balaban J connectivity index is 1.48. The summed E-state index contributed by atoms with van der Waals surface area (Å²) in [6.07, 6.45) is 6.46. The van der Waals surface area contributed by atoms with Crippen molar-refractivity contribution in [2.24, 2.45) is 29.1 Å². The third-order valence-electron chi connectivity index (χ3n) is 8.93. The Bertz CT molecular complexity index is 1040. The van der Waals surface area contributed by atoms with Gasteiger partial charge in [0.1, 0.15) is 5.75 Å². The van der Waals surface area contributed by atoms with Crippen LogP contribution < -0.4 is 9.64 Å². The first-order chi connectivity index (χ1) is 15.8. The number of methoxy groups -OCH3 is 2. The second-order valence-corrected chi connectivity index (χ2v) is 10.8. The Morgan fingerprint density at radius 3 is 2.27 bits per heavy atom. The van der Waals surface area contributed by atoms with Gasteiger partial charge >= 0.3 is 0 Å². The van der Waals surface area contributed by atoms with E-state index in [9.17, 15) is 4.79 Å². The number of hydrogen-bond donors (Lipinski definition) is 0. The highest BCUT2D eigenvalue weighted by Crippen LogP contribution is 2.69. The average Bonchev–Trinajstić information content (AvgIpc) is 3.35. The first-order valence-electron chi connectivity index (χ1n) is 12.1. The van der Waals surface area contributed by atoms with Crippen LogP contribution in [0.15, 0.2) is 60.7 Å². The fourth-order valence-electron chi connectivity index (χ4n) is 6.57. The highest BCUT2D eigenvalue weighted by molar-refractivity contribution is 6.04. The molecule has 2 aromatic rings. The van der Waals surface area contributed by atoms with E-state index in [4.69, 9.17) is 9.47 Å². The quantitative estimate of drug-likeness (QED) is 0.525. The molecule has 3 aliphatic rings. The molecule has 0 unspecified atom stereocenters. The molecular formula is C29H35NO3. The maximum absolute atomic E-state index is 13.7. The molecule has 33 heavy (non-hydrogen) atoms. The van der Waals surface area contributed by atoms with Crippen LogP contribution >= 0.6 is 0 Å². The van der Waals surface area contributed by atoms with Gasteiger partial charge in [-0.15, -0.1) is 0 Å². The van der Waals surface area contributed by atoms with E-state index in [1.165, 1.54) is 0 Å². The van der Waals surface area contributed by atoms with Crippen molar-refractivity contribution in [3.05, 3.63) is 66.2 Å². The van der Waals surface area contributed by atoms with E-state index in [2.05, 4.69) is 45.1 Å². The number of anilines is 1. The Morgan fingerprint density at radius 2 is 1.64 bits per heavy atom. The number of nitrogens with zero attached hydrogens (tertiary/aromatic N) is 1. The molecule has 4 heteroatoms. The van der Waals surface area contributed by atoms with Crippen molar-refractivity contribution >= 4 is 17.7 Å². The lowest BCUT2D eigenvalue weighted by Crippen LogP contribution is -2.66. The van der Waals surface area contributed by atoms with Crippen molar-refractivity contribution < 1.29 is 14.3 Å². The molecule has 2 aliphatic carbocycles. The molecule has 2 aromatic carbocycles. The standard InChI is InChI=1S/C29H35NO3/c1-28(2)22-17-23(29(3,33-5)18-24(22)28)26-25(16-11-19-9-7-6-8-10-19)30(27(26)31)20-12-14-21(32-4)15-13-20/h6-16,22-26H,17-18H2,1-5H3/b16-11+/t22-,23-,24+,25+,26-,29-/m1/s1. The summed E-state index contributed by atoms with van der Waals surface area (Å²) < 4.78 is 11.5. The molecule has 0 bridgehead atoms. The lowest BCUT2D eigenvalue weighted by Gasteiger charge is -2.54. The zero-order valence-corrected chi connectivity index (χ0v) is 20.3. The minimum atomic E-state index is -0.278. The van der Waals surface area contributed by atoms with Crippen molar-refractivity contribution in [1.29, 1.82) is 0 Å². The first-order valence-corrected chi connectivity index (χ1v) is 12.1. The molecule has 6 atom stereocenters. The minimum Gasteiger partial charge on any atom is -0.497 e. The fourth-order valence-corrected chi connectivity index (χ4v) is 6.57. The largest absolute Gasteiger partial charge is 0.497 e. The van der Waals surface area contributed by atoms with Gasteiger partial charge < -0.3 is 14.4 Å². The van der Waals surface area contributed by atoms with Crippen LogP contribution in [-0.2, 0) is 9.53 Å². The third kappa shape index (κ3) is 3.59. The molecule has 0 aromatic heterocycles. The van der Waals surface area contributed by atoms with E-state index in [0.29, 0.717) is 17.3 Å². The van der Waals surface area contributed by atoms with E-state index in [1.54, 1.807) is 7.11 Å². The molecule has 1 heterocycles. The minimum absolute atomic E-state index is 0.00369. The Hall–Kier alpha value is -2.59. The molecule has 1 saturated heterocycles. The molecule has 1 amide bonds. The average molecular weight is 446 g/mol. The SMILES string of the molecule is COc1ccc(N2C(=O)[C@H]([C@H]3C[C@@H]4[C@H](C[C@@]3(C)OC)C4(C)C)[C@@H]2/C=C/c2ccccc2)cc1. The fraction of sp³-hybridized carbons (Fsp3) is 0.483. The van der Waals surface area contributed by atoms with E-state index < -0.39 is 0 Å². The summed E-state index contributed by atoms with van der Waals surface area (Å²) in [7, 11) is 3.48. The van der Waals surface area contributed by atoms with Crippen LogP contribution in [-0.4, -0.2) is 31.8 Å². The van der Waals surface area contributed by atoms with Gasteiger partial charge in [-0.1, -0.05) is 56.3 Å². The van der Waals surface area contributed by atoms with Crippen LogP contribution in [0.3, 0.4) is 0 Å². The third-order valence-corrected chi connectivity index (χ3v) is 8.93. The summed E-state index contributed by atoms with van der Waals surface area (Å²) in [5, 5.41) is 0. The number of amides is 1. The monoisotopic (exact) mass is 445 g/mol. The molecular weight excluding hydrogens is 410 g/mol. The second kappa shape index (κ2) is 8.02. The Labute approximate surface area is 197 Å². The first kappa shape index (κ1) is 22.2. The number of fused-ring (bicyclic) bond motifs is 1. The van der Waals surface area contributed by atoms with Gasteiger partial charge in [0.25, 0.3) is 0 Å². The molecule has 1 aliphatic heterocycles. The zero-order chi connectivity index (χ0) is 23.4. The molecule has 4 nitrogen and oxygen atoms in total. The molecule has 5 rings (SSSR count). The highest BCUT2D eigenvalue weighted by Gasteiger charge is 2.67. The molecule has 0 spiro atoms. The summed E-state index contributed by atoms with van der Waals surface area (Å²) in [6, 6.07) is 18.1. The number of ether oxygens (including phenoxy) is 2. The van der Waals surface area contributed by atoms with Crippen molar-refractivity contribution in [1.82, 2.24) is 0 Å². The molecule has 2 saturated carbocycles. The van der Waals surface area contributed by atoms with E-state index >= 15 is 0 Å². The normalized spacial score (nSPS) is 34.6. The predicted molar refractivity (Wildman–Crippen MR) is 132 cm³/mol. The number of carbonyl (C=O) groups excluding carboxylic acids is 1. The van der Waals surface area contributed by atoms with Crippen LogP contribution in [0.4, 0.5) is 5.69 Å². The molecule has 174 valence electrons. The van der Waals surface area contributed by atoms with Crippen molar-refractivity contribution in [3.8, 4) is 5.75 Å². The van der Waals surface area contributed by atoms with Crippen molar-refractivity contribution in [2.75, 3.05) is 19.1 Å². The Kier molecular flexibility index (Phi) is 5.40. The zero-order valence-electron chi connectivity index (χ0n) is 20.3. The van der Waals surface area contributed by atoms with E-state index in [-0.39, 0.29) is 29.4 Å². The summed E-state index contributed by atoms with van der Waals surface area (Å²) in [4.78, 5) is 15.7. The summed E-state index contributed by atoms with van der Waals surface area (Å²) >= 11 is 0. The number of carbonyl (C=O) groups is 1. The van der Waals surface area contributed by atoms with Gasteiger partial charge in [0.2, 0.25) is 5.91 Å². The van der Waals surface area contributed by atoms with Crippen molar-refractivity contribution in [3.63, 3.8) is 0 Å². The lowest BCUT2D eigenvalue weighted by atomic mass is 9.64. The molecule has 3 fully saturated rings. The predicted octanol–water partition coefficient (Wildman–Crippen LogP) is 5.83. The van der Waals surface area contributed by atoms with Crippen LogP contribution in [0.5, 0.6) is 5.75 Å². The van der Waals surface area contributed by atoms with Crippen LogP contribution in [0, 0.1) is 29.1 Å². The van der Waals surface area contributed by atoms with Gasteiger partial charge in [-0.3, -0.25) is 4.79 Å². The topological polar surface area (TPSA) is 38.8 Å². The van der Waals surface area contributed by atoms with E-state index in [1.807, 2.05) is 54.5 Å². The van der Waals surface area contributed by atoms with Crippen LogP contribution in [0.2, 0.25) is 0 Å². The Morgan fingerprint density at radius 1 is 0.939 bits per heavy atom. The maximum atomic E-state index is 13.7. The maximum Gasteiger partial charge on any atom is 0.233 e. The van der Waals surface area contributed by atoms with E-state index in [0.717, 1.165) is 29.8 Å². The second-order valence-electron chi connectivity index (χ2n) is 10.8. The van der Waals surface area contributed by atoms with Crippen LogP contribution in [0.25, 0.3) is 6.08 Å². The smallest absolute Gasteiger partial charge is 0.233 e. The molecule has 0 radical (unpaired) electrons.